The number of para-hydroxylation sites is 2. The summed E-state index contributed by atoms with van der Waals surface area (Å²) in [7, 11) is 9.68. The van der Waals surface area contributed by atoms with Gasteiger partial charge in [0.05, 0.1) is 38.4 Å². The Bertz CT molecular complexity index is 6920. The summed E-state index contributed by atoms with van der Waals surface area (Å²) in [5.74, 6) is -5.46. The number of carbonyl (C=O) groups excluding carboxylic acids is 3. The Hall–Kier alpha value is -14.7. The van der Waals surface area contributed by atoms with Gasteiger partial charge in [-0.2, -0.15) is 0 Å². The molecule has 33 heteroatoms. The van der Waals surface area contributed by atoms with E-state index in [4.69, 9.17) is 43.2 Å². The minimum atomic E-state index is -2.08. The molecule has 3 amide bonds. The third-order valence-electron chi connectivity index (χ3n) is 23.8. The molecule has 0 bridgehead atoms. The molecule has 3 unspecified atom stereocenters. The Balaban J connectivity index is 0.747. The van der Waals surface area contributed by atoms with Crippen LogP contribution < -0.4 is 31.4 Å². The number of aromatic nitrogens is 11. The number of oxazole rings is 3. The van der Waals surface area contributed by atoms with Gasteiger partial charge in [-0.25, -0.2) is 43.7 Å². The number of likely N-dealkylation sites (N-methyl/N-ethyl adjacent to an activating group) is 2. The van der Waals surface area contributed by atoms with E-state index in [1.54, 1.807) is 190 Å². The van der Waals surface area contributed by atoms with Crippen molar-refractivity contribution in [3.05, 3.63) is 286 Å². The third kappa shape index (κ3) is 14.1. The maximum absolute atomic E-state index is 17.8. The molecule has 124 heavy (non-hydrogen) atoms. The van der Waals surface area contributed by atoms with Crippen molar-refractivity contribution in [1.82, 2.24) is 67.9 Å². The molecule has 3 aliphatic heterocycles. The number of amides is 3. The standard InChI is InChI=1S/C91H83F2N17O14/c1-91(93)32-13-12-15-61(91)73-59-46-56(84(118)104(6)39-41-112)26-23-52(59)30-35-107(73)89-99-71(77(115)86(120)109(89)47-49-19-27-64-67(42-49)123-80(96-64)69-75(113)85(119)105(7)88(98-69)106-34-29-51-22-25-55(83(117)103(5)38-40-111)45-58(51)72(106)57-14-8-9-16-62(57)92)81-97-65-28-20-50(43-68(65)124-81)48-110-87(121)76(114)70(79-95-63-17-10-11-18-66(63)122-79)100-90(110)108-36-31-53-21-24-54(82(116)101(2)3)44-60(53)74(108)78-94-33-37-102(78)4/h8-28,32-33,37,42-46,61,72-74,111-115H,29-31,34-36,38-41,47-48H2,1-7H3/t61?,72-,73-,74?,91?/m0/s1. The fourth-order valence-corrected chi connectivity index (χ4v) is 17.4. The average Bonchev–Trinajstić information content (AvgIpc) is 0.976. The molecule has 7 aromatic heterocycles. The van der Waals surface area contributed by atoms with Gasteiger partial charge in [-0.15, -0.1) is 0 Å². The van der Waals surface area contributed by atoms with Crippen molar-refractivity contribution in [2.45, 2.75) is 63.1 Å². The molecule has 0 fully saturated rings. The van der Waals surface area contributed by atoms with Crippen molar-refractivity contribution >= 4 is 68.9 Å². The molecule has 7 aromatic carbocycles. The number of allylic oxidation sites excluding steroid dienone is 3. The maximum atomic E-state index is 17.8. The molecule has 5 N–H and O–H groups in total. The summed E-state index contributed by atoms with van der Waals surface area (Å²) in [6, 6.07) is 35.7. The van der Waals surface area contributed by atoms with Crippen LogP contribution in [0.4, 0.5) is 26.6 Å². The van der Waals surface area contributed by atoms with Gasteiger partial charge in [-0.05, 0) is 156 Å². The highest BCUT2D eigenvalue weighted by atomic mass is 19.1. The molecule has 0 radical (unpaired) electrons. The molecule has 14 aromatic rings. The monoisotopic (exact) mass is 1680 g/mol. The number of imidazole rings is 1. The second-order valence-electron chi connectivity index (χ2n) is 31.9. The lowest BCUT2D eigenvalue weighted by Gasteiger charge is -2.45. The quantitative estimate of drug-likeness (QED) is 0.0473. The lowest BCUT2D eigenvalue weighted by molar-refractivity contribution is 0.0761. The highest BCUT2D eigenvalue weighted by Crippen LogP contribution is 2.49. The Morgan fingerprint density at radius 3 is 1.51 bits per heavy atom. The van der Waals surface area contributed by atoms with E-state index in [0.717, 1.165) is 26.8 Å². The number of hydrogen-bond acceptors (Lipinski definition) is 24. The second-order valence-corrected chi connectivity index (χ2v) is 31.9. The zero-order chi connectivity index (χ0) is 86.6. The minimum absolute atomic E-state index is 0.0142. The van der Waals surface area contributed by atoms with E-state index in [0.29, 0.717) is 57.6 Å². The predicted molar refractivity (Wildman–Crippen MR) is 455 cm³/mol. The van der Waals surface area contributed by atoms with Gasteiger partial charge >= 0.3 is 0 Å². The van der Waals surface area contributed by atoms with Gasteiger partial charge in [0.25, 0.3) is 52.1 Å². The lowest BCUT2D eigenvalue weighted by Crippen LogP contribution is -2.47. The molecule has 31 nitrogen and oxygen atoms in total. The summed E-state index contributed by atoms with van der Waals surface area (Å²) in [4.78, 5) is 131. The second kappa shape index (κ2) is 31.7. The number of hydrogen-bond donors (Lipinski definition) is 5. The Morgan fingerprint density at radius 2 is 0.984 bits per heavy atom. The number of carbonyl (C=O) groups is 3. The molecule has 1 aliphatic carbocycles. The zero-order valence-corrected chi connectivity index (χ0v) is 68.3. The van der Waals surface area contributed by atoms with Crippen LogP contribution in [-0.4, -0.2) is 191 Å². The number of rotatable bonds is 20. The number of nitrogens with zero attached hydrogens (tertiary/aromatic N) is 17. The molecule has 4 aliphatic rings. The first-order valence-corrected chi connectivity index (χ1v) is 40.3. The van der Waals surface area contributed by atoms with E-state index in [1.807, 2.05) is 28.6 Å². The SMILES string of the molecule is CN(C)C(=O)c1ccc2c(c1)C(c1nccn1C)N(c1nc(-c3nc4ccccc4o3)c(O)c(=O)n1Cc1ccc3nc(-c4nc(N5CCc6ccc(C(=O)N(C)CCO)cc6[C@H]5C5C=CC=CC5(C)F)n(Cc5ccc6nc(-c7nc(N8CCc9ccc(C(=O)N(C)CCO)cc9[C@@H]8c8ccccc8F)n(C)c(=O)c7O)oc6c5)c(=O)c4O)oc3c1)CC2. The minimum Gasteiger partial charge on any atom is -0.501 e. The molecule has 18 rings (SSSR count). The number of aryl methyl sites for hydroxylation is 1. The number of alkyl halides is 1. The van der Waals surface area contributed by atoms with Crippen LogP contribution in [0.1, 0.15) is 112 Å². The van der Waals surface area contributed by atoms with Crippen LogP contribution in [0, 0.1) is 11.7 Å². The van der Waals surface area contributed by atoms with Crippen molar-refractivity contribution in [3.63, 3.8) is 0 Å². The predicted octanol–water partition coefficient (Wildman–Crippen LogP) is 10.1. The number of halogens is 2. The zero-order valence-electron chi connectivity index (χ0n) is 68.3. The van der Waals surface area contributed by atoms with Crippen LogP contribution in [0.3, 0.4) is 0 Å². The number of aromatic hydroxyl groups is 3. The Labute approximate surface area is 704 Å². The van der Waals surface area contributed by atoms with Crippen LogP contribution in [0.25, 0.3) is 68.1 Å². The smallest absolute Gasteiger partial charge is 0.298 e. The molecule has 5 atom stereocenters. The van der Waals surface area contributed by atoms with Crippen molar-refractivity contribution in [3.8, 4) is 52.0 Å². The topological polar surface area (TPSA) is 372 Å². The first-order valence-electron chi connectivity index (χ1n) is 40.3. The van der Waals surface area contributed by atoms with Gasteiger partial charge in [-0.1, -0.05) is 78.9 Å². The summed E-state index contributed by atoms with van der Waals surface area (Å²) < 4.78 is 58.9. The number of aliphatic hydroxyl groups is 2. The first kappa shape index (κ1) is 80.3. The van der Waals surface area contributed by atoms with E-state index < -0.39 is 81.1 Å². The van der Waals surface area contributed by atoms with Crippen LogP contribution in [0.2, 0.25) is 0 Å². The van der Waals surface area contributed by atoms with E-state index in [-0.39, 0.29) is 163 Å². The summed E-state index contributed by atoms with van der Waals surface area (Å²) in [5.41, 5.74) is 1.68. The number of anilines is 3. The third-order valence-corrected chi connectivity index (χ3v) is 23.8. The number of fused-ring (bicyclic) bond motifs is 6. The van der Waals surface area contributed by atoms with Gasteiger partial charge in [0.1, 0.15) is 39.9 Å². The van der Waals surface area contributed by atoms with Crippen molar-refractivity contribution in [2.75, 3.05) is 88.8 Å². The Kier molecular flexibility index (Phi) is 20.5. The van der Waals surface area contributed by atoms with E-state index in [2.05, 4.69) is 4.98 Å². The Morgan fingerprint density at radius 1 is 0.516 bits per heavy atom. The van der Waals surface area contributed by atoms with Gasteiger partial charge in [0.2, 0.25) is 35.1 Å². The largest absolute Gasteiger partial charge is 0.501 e. The molecule has 0 saturated carbocycles. The van der Waals surface area contributed by atoms with Crippen LogP contribution >= 0.6 is 0 Å². The number of aliphatic hydroxyl groups excluding tert-OH is 2. The summed E-state index contributed by atoms with van der Waals surface area (Å²) in [6.07, 6.45) is 10.9. The van der Waals surface area contributed by atoms with Gasteiger partial charge < -0.3 is 72.8 Å². The van der Waals surface area contributed by atoms with Crippen molar-refractivity contribution in [2.24, 2.45) is 20.0 Å². The first-order chi connectivity index (χ1) is 59.7. The van der Waals surface area contributed by atoms with Gasteiger partial charge in [0, 0.05) is 116 Å². The molecule has 0 saturated heterocycles. The molecular weight excluding hydrogens is 1590 g/mol. The van der Waals surface area contributed by atoms with E-state index in [1.165, 1.54) is 49.9 Å². The summed E-state index contributed by atoms with van der Waals surface area (Å²) in [5, 5.41) is 56.2. The normalized spacial score (nSPS) is 17.4. The fourth-order valence-electron chi connectivity index (χ4n) is 17.4. The van der Waals surface area contributed by atoms with Gasteiger partial charge in [-0.3, -0.25) is 42.5 Å². The van der Waals surface area contributed by atoms with Crippen molar-refractivity contribution in [1.29, 1.82) is 0 Å². The average molecular weight is 1680 g/mol. The van der Waals surface area contributed by atoms with E-state index >= 15 is 18.4 Å². The molecular formula is C91H83F2N17O14. The highest BCUT2D eigenvalue weighted by Gasteiger charge is 2.46. The van der Waals surface area contributed by atoms with Crippen LogP contribution in [0.5, 0.6) is 17.2 Å². The van der Waals surface area contributed by atoms with Crippen molar-refractivity contribution < 1.29 is 61.9 Å². The van der Waals surface area contributed by atoms with Crippen LogP contribution in [0.15, 0.2) is 204 Å². The summed E-state index contributed by atoms with van der Waals surface area (Å²) in [6.45, 7) is 0.776. The van der Waals surface area contributed by atoms with Crippen LogP contribution in [-0.2, 0) is 46.4 Å². The van der Waals surface area contributed by atoms with Gasteiger partial charge in [0.15, 0.2) is 33.8 Å². The highest BCUT2D eigenvalue weighted by molar-refractivity contribution is 5.96. The fraction of sp³-hybridized carbons (Fsp3) is 0.264. The van der Waals surface area contributed by atoms with E-state index in [9.17, 15) is 44.7 Å². The lowest BCUT2D eigenvalue weighted by atomic mass is 9.75. The molecule has 0 spiro atoms. The molecule has 10 heterocycles. The maximum Gasteiger partial charge on any atom is 0.298 e. The summed E-state index contributed by atoms with van der Waals surface area (Å²) >= 11 is 0. The number of benzene rings is 7. The molecule has 630 valence electrons.